The van der Waals surface area contributed by atoms with Crippen LogP contribution in [0.3, 0.4) is 0 Å². The highest BCUT2D eigenvalue weighted by Crippen LogP contribution is 2.26. The normalized spacial score (nSPS) is 10.1. The number of nitrogen functional groups attached to an aromatic ring is 1. The van der Waals surface area contributed by atoms with Gasteiger partial charge in [0.05, 0.1) is 5.02 Å². The summed E-state index contributed by atoms with van der Waals surface area (Å²) in [5.74, 6) is 0.860. The van der Waals surface area contributed by atoms with Gasteiger partial charge in [-0.05, 0) is 40.2 Å². The number of rotatable bonds is 2. The van der Waals surface area contributed by atoms with Crippen molar-refractivity contribution in [1.29, 1.82) is 0 Å². The zero-order chi connectivity index (χ0) is 11.5. The number of nitrogens with zero attached hydrogens (tertiary/aromatic N) is 2. The number of aromatic nitrogens is 2. The molecule has 0 aliphatic heterocycles. The van der Waals surface area contributed by atoms with E-state index in [0.29, 0.717) is 10.8 Å². The van der Waals surface area contributed by atoms with Crippen molar-refractivity contribution < 1.29 is 0 Å². The van der Waals surface area contributed by atoms with E-state index < -0.39 is 0 Å². The smallest absolute Gasteiger partial charge is 0.221 e. The molecule has 0 atom stereocenters. The Kier molecular flexibility index (Phi) is 3.26. The highest BCUT2D eigenvalue weighted by Gasteiger charge is 2.00. The Hall–Kier alpha value is -1.33. The predicted molar refractivity (Wildman–Crippen MR) is 68.9 cm³/mol. The number of nitrogens with one attached hydrogen (secondary N) is 1. The first-order valence-electron chi connectivity index (χ1n) is 4.46. The van der Waals surface area contributed by atoms with Crippen LogP contribution in [0.4, 0.5) is 17.5 Å². The van der Waals surface area contributed by atoms with Gasteiger partial charge in [-0.15, -0.1) is 0 Å². The van der Waals surface area contributed by atoms with Gasteiger partial charge in [0.15, 0.2) is 0 Å². The molecule has 2 rings (SSSR count). The van der Waals surface area contributed by atoms with E-state index in [1.165, 1.54) is 0 Å². The van der Waals surface area contributed by atoms with Gasteiger partial charge in [-0.25, -0.2) is 4.98 Å². The van der Waals surface area contributed by atoms with Crippen LogP contribution in [0.2, 0.25) is 5.02 Å². The Morgan fingerprint density at radius 1 is 1.31 bits per heavy atom. The highest BCUT2D eigenvalue weighted by atomic mass is 79.9. The summed E-state index contributed by atoms with van der Waals surface area (Å²) in [5.41, 5.74) is 6.31. The van der Waals surface area contributed by atoms with E-state index in [-0.39, 0.29) is 5.95 Å². The molecule has 1 heterocycles. The lowest BCUT2D eigenvalue weighted by Crippen LogP contribution is -1.98. The average Bonchev–Trinajstić information content (AvgIpc) is 2.24. The number of nitrogens with two attached hydrogens (primary N) is 1. The SMILES string of the molecule is Nc1nccc(Nc2ccc(Br)c(Cl)c2)n1. The van der Waals surface area contributed by atoms with Gasteiger partial charge >= 0.3 is 0 Å². The number of anilines is 3. The first-order valence-corrected chi connectivity index (χ1v) is 5.63. The van der Waals surface area contributed by atoms with E-state index in [1.54, 1.807) is 18.3 Å². The van der Waals surface area contributed by atoms with E-state index in [0.717, 1.165) is 10.2 Å². The molecule has 3 N–H and O–H groups in total. The summed E-state index contributed by atoms with van der Waals surface area (Å²) in [6.45, 7) is 0. The second-order valence-electron chi connectivity index (χ2n) is 3.05. The van der Waals surface area contributed by atoms with Crippen LogP contribution in [0, 0.1) is 0 Å². The lowest BCUT2D eigenvalue weighted by atomic mass is 10.3. The molecule has 82 valence electrons. The summed E-state index contributed by atoms with van der Waals surface area (Å²) >= 11 is 9.29. The quantitative estimate of drug-likeness (QED) is 0.893. The van der Waals surface area contributed by atoms with Crippen molar-refractivity contribution in [3.8, 4) is 0 Å². The second kappa shape index (κ2) is 4.67. The maximum Gasteiger partial charge on any atom is 0.221 e. The van der Waals surface area contributed by atoms with Crippen LogP contribution < -0.4 is 11.1 Å². The summed E-state index contributed by atoms with van der Waals surface area (Å²) in [6.07, 6.45) is 1.59. The molecule has 0 aliphatic rings. The molecule has 0 fully saturated rings. The van der Waals surface area contributed by atoms with Crippen LogP contribution in [0.1, 0.15) is 0 Å². The van der Waals surface area contributed by atoms with Crippen LogP contribution in [-0.2, 0) is 0 Å². The molecular weight excluding hydrogens is 291 g/mol. The highest BCUT2D eigenvalue weighted by molar-refractivity contribution is 9.10. The van der Waals surface area contributed by atoms with Crippen molar-refractivity contribution in [1.82, 2.24) is 9.97 Å². The summed E-state index contributed by atoms with van der Waals surface area (Å²) in [5, 5.41) is 3.71. The maximum absolute atomic E-state index is 5.97. The number of halogens is 2. The molecule has 0 radical (unpaired) electrons. The fourth-order valence-electron chi connectivity index (χ4n) is 1.17. The lowest BCUT2D eigenvalue weighted by Gasteiger charge is -2.06. The van der Waals surface area contributed by atoms with Crippen molar-refractivity contribution >= 4 is 45.0 Å². The summed E-state index contributed by atoms with van der Waals surface area (Å²) < 4.78 is 0.849. The van der Waals surface area contributed by atoms with E-state index in [1.807, 2.05) is 12.1 Å². The molecule has 16 heavy (non-hydrogen) atoms. The van der Waals surface area contributed by atoms with Gasteiger partial charge in [-0.2, -0.15) is 4.98 Å². The average molecular weight is 300 g/mol. The van der Waals surface area contributed by atoms with Crippen LogP contribution in [0.25, 0.3) is 0 Å². The van der Waals surface area contributed by atoms with Gasteiger partial charge in [0.1, 0.15) is 5.82 Å². The second-order valence-corrected chi connectivity index (χ2v) is 4.32. The van der Waals surface area contributed by atoms with Crippen molar-refractivity contribution in [2.75, 3.05) is 11.1 Å². The molecule has 1 aromatic heterocycles. The van der Waals surface area contributed by atoms with Gasteiger partial charge in [0.2, 0.25) is 5.95 Å². The first kappa shape index (κ1) is 11.2. The van der Waals surface area contributed by atoms with Gasteiger partial charge in [-0.1, -0.05) is 11.6 Å². The van der Waals surface area contributed by atoms with Crippen LogP contribution in [-0.4, -0.2) is 9.97 Å². The van der Waals surface area contributed by atoms with Crippen molar-refractivity contribution in [3.05, 3.63) is 40.0 Å². The molecule has 0 bridgehead atoms. The molecule has 0 spiro atoms. The molecule has 6 heteroatoms. The Morgan fingerprint density at radius 3 is 2.81 bits per heavy atom. The van der Waals surface area contributed by atoms with E-state index in [9.17, 15) is 0 Å². The molecule has 1 aromatic carbocycles. The van der Waals surface area contributed by atoms with Crippen molar-refractivity contribution in [3.63, 3.8) is 0 Å². The topological polar surface area (TPSA) is 63.8 Å². The third kappa shape index (κ3) is 2.62. The minimum absolute atomic E-state index is 0.230. The Bertz CT molecular complexity index is 518. The first-order chi connectivity index (χ1) is 7.65. The Balaban J connectivity index is 2.24. The Labute approximate surface area is 106 Å². The van der Waals surface area contributed by atoms with Gasteiger partial charge < -0.3 is 11.1 Å². The number of hydrogen-bond donors (Lipinski definition) is 2. The minimum atomic E-state index is 0.230. The lowest BCUT2D eigenvalue weighted by molar-refractivity contribution is 1.18. The summed E-state index contributed by atoms with van der Waals surface area (Å²) in [7, 11) is 0. The predicted octanol–water partition coefficient (Wildman–Crippen LogP) is 3.22. The van der Waals surface area contributed by atoms with Gasteiger partial charge in [-0.3, -0.25) is 0 Å². The van der Waals surface area contributed by atoms with E-state index >= 15 is 0 Å². The molecule has 4 nitrogen and oxygen atoms in total. The molecule has 0 aliphatic carbocycles. The Morgan fingerprint density at radius 2 is 2.12 bits per heavy atom. The standard InChI is InChI=1S/C10H8BrClN4/c11-7-2-1-6(5-8(7)12)15-9-3-4-14-10(13)16-9/h1-5H,(H3,13,14,15,16). The molecule has 0 saturated carbocycles. The monoisotopic (exact) mass is 298 g/mol. The minimum Gasteiger partial charge on any atom is -0.368 e. The summed E-state index contributed by atoms with van der Waals surface area (Å²) in [6, 6.07) is 7.26. The van der Waals surface area contributed by atoms with Crippen LogP contribution in [0.5, 0.6) is 0 Å². The molecule has 0 unspecified atom stereocenters. The van der Waals surface area contributed by atoms with Crippen LogP contribution in [0.15, 0.2) is 34.9 Å². The fourth-order valence-corrected chi connectivity index (χ4v) is 1.59. The largest absolute Gasteiger partial charge is 0.368 e. The van der Waals surface area contributed by atoms with E-state index in [4.69, 9.17) is 17.3 Å². The summed E-state index contributed by atoms with van der Waals surface area (Å²) in [4.78, 5) is 7.83. The third-order valence-electron chi connectivity index (χ3n) is 1.87. The van der Waals surface area contributed by atoms with Crippen molar-refractivity contribution in [2.24, 2.45) is 0 Å². The number of benzene rings is 1. The number of hydrogen-bond acceptors (Lipinski definition) is 4. The third-order valence-corrected chi connectivity index (χ3v) is 3.10. The van der Waals surface area contributed by atoms with E-state index in [2.05, 4.69) is 31.2 Å². The molecular formula is C10H8BrClN4. The molecule has 0 amide bonds. The zero-order valence-electron chi connectivity index (χ0n) is 8.11. The molecule has 2 aromatic rings. The molecule has 0 saturated heterocycles. The van der Waals surface area contributed by atoms with Crippen LogP contribution >= 0.6 is 27.5 Å². The fraction of sp³-hybridized carbons (Fsp3) is 0. The zero-order valence-corrected chi connectivity index (χ0v) is 10.5. The maximum atomic E-state index is 5.97. The van der Waals surface area contributed by atoms with Gasteiger partial charge in [0, 0.05) is 16.4 Å². The van der Waals surface area contributed by atoms with Gasteiger partial charge in [0.25, 0.3) is 0 Å². The van der Waals surface area contributed by atoms with Crippen molar-refractivity contribution in [2.45, 2.75) is 0 Å².